The van der Waals surface area contributed by atoms with Crippen molar-refractivity contribution in [1.29, 1.82) is 0 Å². The molecule has 0 unspecified atom stereocenters. The number of carbonyl (C=O) groups excluding carboxylic acids is 2. The van der Waals surface area contributed by atoms with Crippen molar-refractivity contribution in [3.8, 4) is 0 Å². The first-order chi connectivity index (χ1) is 7.28. The molecule has 0 atom stereocenters. The van der Waals surface area contributed by atoms with Crippen LogP contribution in [0.25, 0.3) is 0 Å². The summed E-state index contributed by atoms with van der Waals surface area (Å²) >= 11 is 0. The molecule has 0 N–H and O–H groups in total. The molecule has 0 saturated heterocycles. The maximum absolute atomic E-state index is 11.2. The van der Waals surface area contributed by atoms with Gasteiger partial charge in [0, 0.05) is 0 Å². The van der Waals surface area contributed by atoms with Gasteiger partial charge in [-0.25, -0.2) is 9.59 Å². The van der Waals surface area contributed by atoms with E-state index in [9.17, 15) is 35.9 Å². The second kappa shape index (κ2) is 8.62. The molecule has 0 aromatic heterocycles. The molecule has 0 aliphatic carbocycles. The summed E-state index contributed by atoms with van der Waals surface area (Å²) in [5.74, 6) is -6.40. The first-order valence-electron chi connectivity index (χ1n) is 3.00. The summed E-state index contributed by atoms with van der Waals surface area (Å²) in [6.07, 6.45) is -11.2. The minimum atomic E-state index is -5.62. The predicted molar refractivity (Wildman–Crippen MR) is 33.6 cm³/mol. The van der Waals surface area contributed by atoms with Gasteiger partial charge < -0.3 is 20.1 Å². The molecule has 0 rings (SSSR count). The number of hydrogen-bond acceptors (Lipinski definition) is 6. The van der Waals surface area contributed by atoms with Crippen LogP contribution in [0.2, 0.25) is 0 Å². The fourth-order valence-electron chi connectivity index (χ4n) is 0.200. The van der Waals surface area contributed by atoms with Crippen molar-refractivity contribution < 1.29 is 97.1 Å². The van der Waals surface area contributed by atoms with Gasteiger partial charge >= 0.3 is 75.7 Å². The van der Waals surface area contributed by atoms with E-state index in [2.05, 4.69) is 4.74 Å². The van der Waals surface area contributed by atoms with Crippen molar-refractivity contribution in [3.05, 3.63) is 15.3 Å². The number of hydrogen-bond donors (Lipinski definition) is 0. The Hall–Kier alpha value is -0.444. The molecular formula is C4F6KNO6. The van der Waals surface area contributed by atoms with Crippen molar-refractivity contribution in [3.63, 3.8) is 0 Å². The van der Waals surface area contributed by atoms with Crippen LogP contribution in [0.3, 0.4) is 0 Å². The van der Waals surface area contributed by atoms with Gasteiger partial charge in [0.2, 0.25) is 0 Å². The number of carbonyl (C=O) groups is 2. The normalized spacial score (nSPS) is 10.3. The molecule has 0 spiro atoms. The predicted octanol–water partition coefficient (Wildman–Crippen LogP) is -2.05. The van der Waals surface area contributed by atoms with Crippen LogP contribution in [-0.4, -0.2) is 29.4 Å². The molecule has 0 saturated carbocycles. The van der Waals surface area contributed by atoms with Gasteiger partial charge in [-0.15, -0.1) is 0 Å². The van der Waals surface area contributed by atoms with E-state index < -0.39 is 29.4 Å². The van der Waals surface area contributed by atoms with Crippen molar-refractivity contribution in [2.75, 3.05) is 0 Å². The molecule has 0 amide bonds. The number of ether oxygens (including phenoxy) is 1. The number of halogens is 6. The molecule has 0 aliphatic heterocycles. The first kappa shape index (κ1) is 22.7. The molecule has 0 fully saturated rings. The van der Waals surface area contributed by atoms with Gasteiger partial charge in [0.15, 0.2) is 0 Å². The zero-order valence-corrected chi connectivity index (χ0v) is 11.3. The molecule has 0 bridgehead atoms. The average Bonchev–Trinajstić information content (AvgIpc) is 1.98. The summed E-state index contributed by atoms with van der Waals surface area (Å²) in [6.45, 7) is 0. The zero-order valence-electron chi connectivity index (χ0n) is 8.16. The van der Waals surface area contributed by atoms with Crippen LogP contribution in [-0.2, 0) is 14.3 Å². The van der Waals surface area contributed by atoms with E-state index in [1.165, 1.54) is 0 Å². The van der Waals surface area contributed by atoms with Crippen LogP contribution >= 0.6 is 0 Å². The standard InChI is InChI=1S/C4F6O3.K.NO3/c5-3(6,7)1(11)13-2(12)4(8,9)10;;2-1(3)4/q;+1;-1. The molecule has 14 heteroatoms. The third kappa shape index (κ3) is 13.6. The number of rotatable bonds is 0. The van der Waals surface area contributed by atoms with Gasteiger partial charge in [0.1, 0.15) is 0 Å². The van der Waals surface area contributed by atoms with E-state index >= 15 is 0 Å². The molecule has 0 aromatic rings. The summed E-state index contributed by atoms with van der Waals surface area (Å²) in [6, 6.07) is 0. The molecular weight excluding hydrogens is 311 g/mol. The van der Waals surface area contributed by atoms with E-state index in [0.717, 1.165) is 0 Å². The smallest absolute Gasteiger partial charge is 0.380 e. The minimum Gasteiger partial charge on any atom is -0.380 e. The minimum absolute atomic E-state index is 0. The number of alkyl halides is 6. The zero-order chi connectivity index (χ0) is 14.4. The van der Waals surface area contributed by atoms with Crippen molar-refractivity contribution in [1.82, 2.24) is 0 Å². The van der Waals surface area contributed by atoms with Gasteiger partial charge in [-0.05, 0) is 0 Å². The molecule has 7 nitrogen and oxygen atoms in total. The third-order valence-electron chi connectivity index (χ3n) is 0.648. The Labute approximate surface area is 136 Å². The van der Waals surface area contributed by atoms with Crippen molar-refractivity contribution >= 4 is 11.9 Å². The summed E-state index contributed by atoms with van der Waals surface area (Å²) in [5.41, 5.74) is 0. The second-order valence-corrected chi connectivity index (χ2v) is 1.90. The van der Waals surface area contributed by atoms with Crippen LogP contribution in [0.4, 0.5) is 26.3 Å². The van der Waals surface area contributed by atoms with Crippen LogP contribution in [0.5, 0.6) is 0 Å². The van der Waals surface area contributed by atoms with Crippen LogP contribution in [0.15, 0.2) is 0 Å². The Kier molecular flexibility index (Phi) is 10.9. The Balaban J connectivity index is -0.000000392. The SMILES string of the molecule is O=C(OC(=O)C(F)(F)F)C(F)(F)F.O=[N+]([O-])[O-].[K+]. The van der Waals surface area contributed by atoms with Crippen LogP contribution < -0.4 is 51.4 Å². The Morgan fingerprint density at radius 1 is 0.889 bits per heavy atom. The Morgan fingerprint density at radius 3 is 1.17 bits per heavy atom. The molecule has 100 valence electrons. The van der Waals surface area contributed by atoms with E-state index in [1.54, 1.807) is 0 Å². The number of esters is 2. The Bertz CT molecular complexity index is 284. The van der Waals surface area contributed by atoms with Crippen LogP contribution in [0.1, 0.15) is 0 Å². The summed E-state index contributed by atoms with van der Waals surface area (Å²) in [7, 11) is 0. The first-order valence-corrected chi connectivity index (χ1v) is 3.00. The molecule has 0 radical (unpaired) electrons. The van der Waals surface area contributed by atoms with Crippen LogP contribution in [0, 0.1) is 15.3 Å². The fraction of sp³-hybridized carbons (Fsp3) is 0.500. The monoisotopic (exact) mass is 311 g/mol. The average molecular weight is 311 g/mol. The fourth-order valence-corrected chi connectivity index (χ4v) is 0.200. The Morgan fingerprint density at radius 2 is 1.06 bits per heavy atom. The second-order valence-electron chi connectivity index (χ2n) is 1.90. The number of nitrogens with zero attached hydrogens (tertiary/aromatic N) is 1. The van der Waals surface area contributed by atoms with E-state index in [0.29, 0.717) is 0 Å². The van der Waals surface area contributed by atoms with Crippen molar-refractivity contribution in [2.45, 2.75) is 12.4 Å². The van der Waals surface area contributed by atoms with Gasteiger partial charge in [-0.3, -0.25) is 0 Å². The van der Waals surface area contributed by atoms with Gasteiger partial charge in [0.25, 0.3) is 0 Å². The van der Waals surface area contributed by atoms with Gasteiger partial charge in [-0.2, -0.15) is 26.3 Å². The van der Waals surface area contributed by atoms with E-state index in [-0.39, 0.29) is 51.4 Å². The van der Waals surface area contributed by atoms with Gasteiger partial charge in [0.05, 0.1) is 5.09 Å². The maximum Gasteiger partial charge on any atom is 1.00 e. The third-order valence-corrected chi connectivity index (χ3v) is 0.648. The topological polar surface area (TPSA) is 110 Å². The van der Waals surface area contributed by atoms with Crippen molar-refractivity contribution in [2.24, 2.45) is 0 Å². The maximum atomic E-state index is 11.2. The summed E-state index contributed by atoms with van der Waals surface area (Å²) in [4.78, 5) is 27.6. The molecule has 0 heterocycles. The van der Waals surface area contributed by atoms with E-state index in [1.807, 2.05) is 0 Å². The molecule has 0 aliphatic rings. The quantitative estimate of drug-likeness (QED) is 0.127. The largest absolute Gasteiger partial charge is 1.00 e. The molecule has 0 aromatic carbocycles. The summed E-state index contributed by atoms with van der Waals surface area (Å²) < 4.78 is 69.7. The molecule has 18 heavy (non-hydrogen) atoms. The van der Waals surface area contributed by atoms with E-state index in [4.69, 9.17) is 15.3 Å². The van der Waals surface area contributed by atoms with Gasteiger partial charge in [-0.1, -0.05) is 0 Å². The summed E-state index contributed by atoms with van der Waals surface area (Å²) in [5, 5.41) is 14.8.